The third-order valence-corrected chi connectivity index (χ3v) is 4.22. The molecule has 2 N–H and O–H groups in total. The number of piperazine rings is 1. The van der Waals surface area contributed by atoms with E-state index in [9.17, 15) is 9.59 Å². The number of amides is 2. The first-order valence-electron chi connectivity index (χ1n) is 7.65. The molecule has 20 heavy (non-hydrogen) atoms. The second-order valence-corrected chi connectivity index (χ2v) is 5.71. The number of nitrogens with one attached hydrogen (secondary N) is 1. The minimum absolute atomic E-state index is 0.00514. The van der Waals surface area contributed by atoms with Crippen molar-refractivity contribution in [1.29, 1.82) is 0 Å². The lowest BCUT2D eigenvalue weighted by atomic mass is 10.00. The van der Waals surface area contributed by atoms with Crippen LogP contribution in [0.15, 0.2) is 0 Å². The fraction of sp³-hybridized carbons (Fsp3) is 0.857. The fourth-order valence-electron chi connectivity index (χ4n) is 3.05. The van der Waals surface area contributed by atoms with Gasteiger partial charge in [-0.25, -0.2) is 4.79 Å². The standard InChI is InChI=1S/C14H25N3O3/c18-13(19)6-1-3-7-15-14(20)17-10-9-16-8-4-2-5-12(16)11-17/h12H,1-11H2,(H,15,20)(H,18,19). The summed E-state index contributed by atoms with van der Waals surface area (Å²) in [5.41, 5.74) is 0. The van der Waals surface area contributed by atoms with Gasteiger partial charge in [0.15, 0.2) is 0 Å². The van der Waals surface area contributed by atoms with Gasteiger partial charge in [0.2, 0.25) is 0 Å². The summed E-state index contributed by atoms with van der Waals surface area (Å²) in [5.74, 6) is -0.773. The van der Waals surface area contributed by atoms with E-state index in [1.807, 2.05) is 4.90 Å². The second kappa shape index (κ2) is 7.47. The number of piperidine rings is 1. The van der Waals surface area contributed by atoms with Crippen LogP contribution in [0.1, 0.15) is 38.5 Å². The maximum absolute atomic E-state index is 12.0. The van der Waals surface area contributed by atoms with E-state index in [2.05, 4.69) is 10.2 Å². The summed E-state index contributed by atoms with van der Waals surface area (Å²) in [7, 11) is 0. The van der Waals surface area contributed by atoms with Crippen molar-refractivity contribution in [3.05, 3.63) is 0 Å². The van der Waals surface area contributed by atoms with Crippen molar-refractivity contribution in [3.63, 3.8) is 0 Å². The van der Waals surface area contributed by atoms with Crippen LogP contribution in [0.2, 0.25) is 0 Å². The van der Waals surface area contributed by atoms with Crippen molar-refractivity contribution in [2.45, 2.75) is 44.6 Å². The molecule has 0 spiro atoms. The second-order valence-electron chi connectivity index (χ2n) is 5.71. The summed E-state index contributed by atoms with van der Waals surface area (Å²) >= 11 is 0. The van der Waals surface area contributed by atoms with E-state index < -0.39 is 5.97 Å². The van der Waals surface area contributed by atoms with E-state index in [0.29, 0.717) is 19.0 Å². The lowest BCUT2D eigenvalue weighted by molar-refractivity contribution is -0.137. The van der Waals surface area contributed by atoms with Crippen LogP contribution in [-0.4, -0.2) is 65.7 Å². The van der Waals surface area contributed by atoms with Gasteiger partial charge in [-0.2, -0.15) is 0 Å². The van der Waals surface area contributed by atoms with Crippen LogP contribution in [0.4, 0.5) is 4.79 Å². The molecule has 0 aromatic rings. The first kappa shape index (κ1) is 15.1. The average molecular weight is 283 g/mol. The molecule has 2 aliphatic rings. The molecule has 0 aromatic carbocycles. The van der Waals surface area contributed by atoms with Crippen molar-refractivity contribution in [2.24, 2.45) is 0 Å². The number of urea groups is 1. The number of nitrogens with zero attached hydrogens (tertiary/aromatic N) is 2. The number of aliphatic carboxylic acids is 1. The highest BCUT2D eigenvalue weighted by atomic mass is 16.4. The molecule has 2 amide bonds. The van der Waals surface area contributed by atoms with Gasteiger partial charge >= 0.3 is 12.0 Å². The predicted octanol–water partition coefficient (Wildman–Crippen LogP) is 1.12. The molecule has 0 bridgehead atoms. The lowest BCUT2D eigenvalue weighted by Crippen LogP contribution is -2.58. The smallest absolute Gasteiger partial charge is 0.317 e. The van der Waals surface area contributed by atoms with E-state index in [4.69, 9.17) is 5.11 Å². The molecule has 2 heterocycles. The highest BCUT2D eigenvalue weighted by Gasteiger charge is 2.30. The normalized spacial score (nSPS) is 23.2. The van der Waals surface area contributed by atoms with Crippen LogP contribution in [0, 0.1) is 0 Å². The molecule has 0 aliphatic carbocycles. The molecule has 2 fully saturated rings. The van der Waals surface area contributed by atoms with Crippen LogP contribution in [0.25, 0.3) is 0 Å². The van der Waals surface area contributed by atoms with Gasteiger partial charge in [-0.15, -0.1) is 0 Å². The van der Waals surface area contributed by atoms with Crippen LogP contribution in [0.3, 0.4) is 0 Å². The van der Waals surface area contributed by atoms with Gasteiger partial charge in [0.1, 0.15) is 0 Å². The summed E-state index contributed by atoms with van der Waals surface area (Å²) in [5, 5.41) is 11.4. The minimum atomic E-state index is -0.773. The molecular weight excluding hydrogens is 258 g/mol. The summed E-state index contributed by atoms with van der Waals surface area (Å²) in [6, 6.07) is 0.542. The summed E-state index contributed by atoms with van der Waals surface area (Å²) in [6.45, 7) is 4.36. The number of fused-ring (bicyclic) bond motifs is 1. The number of carboxylic acids is 1. The molecular formula is C14H25N3O3. The Labute approximate surface area is 120 Å². The first-order valence-corrected chi connectivity index (χ1v) is 7.65. The zero-order valence-corrected chi connectivity index (χ0v) is 12.0. The molecule has 114 valence electrons. The Morgan fingerprint density at radius 3 is 2.80 bits per heavy atom. The zero-order valence-electron chi connectivity index (χ0n) is 12.0. The Morgan fingerprint density at radius 2 is 2.00 bits per heavy atom. The van der Waals surface area contributed by atoms with Gasteiger partial charge in [0, 0.05) is 38.6 Å². The number of rotatable bonds is 5. The maximum Gasteiger partial charge on any atom is 0.317 e. The summed E-state index contributed by atoms with van der Waals surface area (Å²) < 4.78 is 0. The van der Waals surface area contributed by atoms with Gasteiger partial charge in [0.05, 0.1) is 0 Å². The Kier molecular flexibility index (Phi) is 5.64. The first-order chi connectivity index (χ1) is 9.66. The SMILES string of the molecule is O=C(O)CCCCNC(=O)N1CCN2CCCCC2C1. The Morgan fingerprint density at radius 1 is 1.15 bits per heavy atom. The van der Waals surface area contributed by atoms with Gasteiger partial charge in [-0.1, -0.05) is 6.42 Å². The minimum Gasteiger partial charge on any atom is -0.481 e. The largest absolute Gasteiger partial charge is 0.481 e. The van der Waals surface area contributed by atoms with E-state index in [1.54, 1.807) is 0 Å². The van der Waals surface area contributed by atoms with Gasteiger partial charge in [0.25, 0.3) is 0 Å². The molecule has 1 atom stereocenters. The third-order valence-electron chi connectivity index (χ3n) is 4.22. The van der Waals surface area contributed by atoms with Crippen molar-refractivity contribution in [2.75, 3.05) is 32.7 Å². The fourth-order valence-corrected chi connectivity index (χ4v) is 3.05. The molecule has 0 radical (unpaired) electrons. The Hall–Kier alpha value is -1.30. The zero-order chi connectivity index (χ0) is 14.4. The van der Waals surface area contributed by atoms with Crippen LogP contribution < -0.4 is 5.32 Å². The van der Waals surface area contributed by atoms with E-state index in [0.717, 1.165) is 26.1 Å². The van der Waals surface area contributed by atoms with Crippen LogP contribution in [0.5, 0.6) is 0 Å². The molecule has 0 saturated carbocycles. The number of carbonyl (C=O) groups excluding carboxylic acids is 1. The molecule has 2 rings (SSSR count). The van der Waals surface area contributed by atoms with E-state index in [-0.39, 0.29) is 12.5 Å². The number of carboxylic acid groups (broad SMARTS) is 1. The summed E-state index contributed by atoms with van der Waals surface area (Å²) in [4.78, 5) is 26.8. The average Bonchev–Trinajstić information content (AvgIpc) is 2.46. The van der Waals surface area contributed by atoms with Crippen molar-refractivity contribution < 1.29 is 14.7 Å². The Balaban J connectivity index is 1.64. The highest BCUT2D eigenvalue weighted by Crippen LogP contribution is 2.20. The van der Waals surface area contributed by atoms with Gasteiger partial charge in [-0.3, -0.25) is 9.69 Å². The topological polar surface area (TPSA) is 72.9 Å². The van der Waals surface area contributed by atoms with Gasteiger partial charge in [-0.05, 0) is 32.2 Å². The van der Waals surface area contributed by atoms with E-state index in [1.165, 1.54) is 25.8 Å². The molecule has 2 aliphatic heterocycles. The van der Waals surface area contributed by atoms with Gasteiger partial charge < -0.3 is 15.3 Å². The summed E-state index contributed by atoms with van der Waals surface area (Å²) in [6.07, 6.45) is 5.27. The van der Waals surface area contributed by atoms with Crippen molar-refractivity contribution in [1.82, 2.24) is 15.1 Å². The molecule has 1 unspecified atom stereocenters. The number of hydrogen-bond acceptors (Lipinski definition) is 3. The quantitative estimate of drug-likeness (QED) is 0.742. The Bertz CT molecular complexity index is 349. The van der Waals surface area contributed by atoms with Crippen LogP contribution in [-0.2, 0) is 4.79 Å². The number of unbranched alkanes of at least 4 members (excludes halogenated alkanes) is 1. The molecule has 6 heteroatoms. The molecule has 2 saturated heterocycles. The van der Waals surface area contributed by atoms with Crippen molar-refractivity contribution >= 4 is 12.0 Å². The maximum atomic E-state index is 12.0. The number of carbonyl (C=O) groups is 2. The predicted molar refractivity (Wildman–Crippen MR) is 75.7 cm³/mol. The third kappa shape index (κ3) is 4.37. The highest BCUT2D eigenvalue weighted by molar-refractivity contribution is 5.74. The number of hydrogen-bond donors (Lipinski definition) is 2. The monoisotopic (exact) mass is 283 g/mol. The van der Waals surface area contributed by atoms with Crippen LogP contribution >= 0.6 is 0 Å². The van der Waals surface area contributed by atoms with E-state index >= 15 is 0 Å². The molecule has 6 nitrogen and oxygen atoms in total. The van der Waals surface area contributed by atoms with Crippen molar-refractivity contribution in [3.8, 4) is 0 Å². The molecule has 0 aromatic heterocycles. The lowest BCUT2D eigenvalue weighted by Gasteiger charge is -2.43.